The number of aromatic nitrogens is 1. The second-order valence-corrected chi connectivity index (χ2v) is 5.30. The van der Waals surface area contributed by atoms with E-state index < -0.39 is 0 Å². The average molecular weight is 332 g/mol. The number of rotatable bonds is 4. The first-order valence-electron chi connectivity index (χ1n) is 7.73. The second-order valence-electron chi connectivity index (χ2n) is 5.30. The van der Waals surface area contributed by atoms with Gasteiger partial charge in [0.2, 0.25) is 5.91 Å². The van der Waals surface area contributed by atoms with Crippen LogP contribution in [-0.4, -0.2) is 16.8 Å². The van der Waals surface area contributed by atoms with Crippen LogP contribution < -0.4 is 9.64 Å². The lowest BCUT2D eigenvalue weighted by molar-refractivity contribution is -0.115. The summed E-state index contributed by atoms with van der Waals surface area (Å²) in [7, 11) is 0. The number of anilines is 1. The lowest BCUT2D eigenvalue weighted by Crippen LogP contribution is -2.35. The Balaban J connectivity index is 1.83. The molecule has 0 atom stereocenters. The number of hydrogen-bond acceptors (Lipinski definition) is 4. The number of benzene rings is 2. The fraction of sp³-hybridized carbons (Fsp3) is 0.0500. The largest absolute Gasteiger partial charge is 0.457 e. The van der Waals surface area contributed by atoms with Crippen LogP contribution >= 0.6 is 0 Å². The van der Waals surface area contributed by atoms with E-state index in [4.69, 9.17) is 4.74 Å². The highest BCUT2D eigenvalue weighted by Crippen LogP contribution is 2.25. The van der Waals surface area contributed by atoms with E-state index in [0.29, 0.717) is 22.7 Å². The molecule has 1 heterocycles. The molecule has 3 rings (SSSR count). The van der Waals surface area contributed by atoms with Crippen molar-refractivity contribution in [2.75, 3.05) is 4.90 Å². The molecule has 0 aliphatic rings. The molecular weight excluding hydrogens is 316 g/mol. The van der Waals surface area contributed by atoms with E-state index in [-0.39, 0.29) is 11.8 Å². The third-order valence-corrected chi connectivity index (χ3v) is 3.52. The molecule has 0 unspecified atom stereocenters. The Morgan fingerprint density at radius 2 is 1.44 bits per heavy atom. The SMILES string of the molecule is CC(=O)N(C(=O)c1ccccc1)c1ccc(Oc2ccncc2)cc1. The number of ether oxygens (including phenoxy) is 1. The van der Waals surface area contributed by atoms with E-state index in [9.17, 15) is 9.59 Å². The van der Waals surface area contributed by atoms with Crippen molar-refractivity contribution in [3.63, 3.8) is 0 Å². The minimum atomic E-state index is -0.365. The van der Waals surface area contributed by atoms with Crippen LogP contribution in [0.3, 0.4) is 0 Å². The lowest BCUT2D eigenvalue weighted by Gasteiger charge is -2.19. The molecule has 0 saturated carbocycles. The van der Waals surface area contributed by atoms with Gasteiger partial charge in [0.05, 0.1) is 5.69 Å². The summed E-state index contributed by atoms with van der Waals surface area (Å²) in [6.45, 7) is 1.36. The molecule has 0 spiro atoms. The van der Waals surface area contributed by atoms with Gasteiger partial charge in [-0.15, -0.1) is 0 Å². The predicted octanol–water partition coefficient (Wildman–Crippen LogP) is 4.07. The molecule has 2 amide bonds. The molecule has 0 radical (unpaired) electrons. The monoisotopic (exact) mass is 332 g/mol. The quantitative estimate of drug-likeness (QED) is 0.723. The van der Waals surface area contributed by atoms with Gasteiger partial charge < -0.3 is 4.74 Å². The van der Waals surface area contributed by atoms with Crippen molar-refractivity contribution in [3.8, 4) is 11.5 Å². The minimum Gasteiger partial charge on any atom is -0.457 e. The van der Waals surface area contributed by atoms with Crippen molar-refractivity contribution in [1.82, 2.24) is 4.98 Å². The van der Waals surface area contributed by atoms with E-state index in [2.05, 4.69) is 4.98 Å². The maximum atomic E-state index is 12.6. The van der Waals surface area contributed by atoms with Gasteiger partial charge in [0.25, 0.3) is 5.91 Å². The summed E-state index contributed by atoms with van der Waals surface area (Å²) < 4.78 is 5.69. The van der Waals surface area contributed by atoms with Crippen LogP contribution in [0.4, 0.5) is 5.69 Å². The molecule has 0 bridgehead atoms. The molecule has 0 N–H and O–H groups in total. The smallest absolute Gasteiger partial charge is 0.265 e. The van der Waals surface area contributed by atoms with E-state index in [1.54, 1.807) is 73.1 Å². The molecule has 2 aromatic carbocycles. The molecular formula is C20H16N2O3. The van der Waals surface area contributed by atoms with Crippen molar-refractivity contribution >= 4 is 17.5 Å². The van der Waals surface area contributed by atoms with Gasteiger partial charge in [0, 0.05) is 24.9 Å². The van der Waals surface area contributed by atoms with Gasteiger partial charge in [-0.1, -0.05) is 18.2 Å². The molecule has 0 aliphatic heterocycles. The summed E-state index contributed by atoms with van der Waals surface area (Å²) in [6.07, 6.45) is 3.28. The van der Waals surface area contributed by atoms with Crippen molar-refractivity contribution in [1.29, 1.82) is 0 Å². The Morgan fingerprint density at radius 1 is 0.840 bits per heavy atom. The summed E-state index contributed by atoms with van der Waals surface area (Å²) in [5, 5.41) is 0. The van der Waals surface area contributed by atoms with Crippen molar-refractivity contribution in [2.24, 2.45) is 0 Å². The summed E-state index contributed by atoms with van der Waals surface area (Å²) in [5.74, 6) is 0.546. The van der Waals surface area contributed by atoms with Crippen molar-refractivity contribution in [3.05, 3.63) is 84.7 Å². The van der Waals surface area contributed by atoms with Crippen LogP contribution in [0.15, 0.2) is 79.1 Å². The second kappa shape index (κ2) is 7.40. The molecule has 3 aromatic rings. The van der Waals surface area contributed by atoms with Crippen LogP contribution in [0.1, 0.15) is 17.3 Å². The Bertz CT molecular complexity index is 862. The van der Waals surface area contributed by atoms with E-state index in [1.165, 1.54) is 6.92 Å². The Labute approximate surface area is 145 Å². The third-order valence-electron chi connectivity index (χ3n) is 3.52. The topological polar surface area (TPSA) is 59.5 Å². The maximum Gasteiger partial charge on any atom is 0.265 e. The lowest BCUT2D eigenvalue weighted by atomic mass is 10.1. The highest BCUT2D eigenvalue weighted by molar-refractivity contribution is 6.20. The summed E-state index contributed by atoms with van der Waals surface area (Å²) in [6, 6.07) is 19.0. The summed E-state index contributed by atoms with van der Waals surface area (Å²) in [5.41, 5.74) is 0.943. The van der Waals surface area contributed by atoms with Crippen LogP contribution in [0.25, 0.3) is 0 Å². The fourth-order valence-corrected chi connectivity index (χ4v) is 2.36. The minimum absolute atomic E-state index is 0.350. The maximum absolute atomic E-state index is 12.6. The van der Waals surface area contributed by atoms with Gasteiger partial charge in [-0.2, -0.15) is 0 Å². The number of carbonyl (C=O) groups is 2. The van der Waals surface area contributed by atoms with Crippen molar-refractivity contribution in [2.45, 2.75) is 6.92 Å². The molecule has 0 aliphatic carbocycles. The average Bonchev–Trinajstić information content (AvgIpc) is 2.64. The summed E-state index contributed by atoms with van der Waals surface area (Å²) >= 11 is 0. The molecule has 25 heavy (non-hydrogen) atoms. The van der Waals surface area contributed by atoms with Crippen molar-refractivity contribution < 1.29 is 14.3 Å². The highest BCUT2D eigenvalue weighted by atomic mass is 16.5. The number of pyridine rings is 1. The molecule has 1 aromatic heterocycles. The van der Waals surface area contributed by atoms with E-state index in [1.807, 2.05) is 6.07 Å². The first kappa shape index (κ1) is 16.4. The van der Waals surface area contributed by atoms with Crippen LogP contribution in [0.5, 0.6) is 11.5 Å². The van der Waals surface area contributed by atoms with Crippen LogP contribution in [0.2, 0.25) is 0 Å². The molecule has 5 heteroatoms. The Hall–Kier alpha value is -3.47. The zero-order valence-electron chi connectivity index (χ0n) is 13.6. The molecule has 124 valence electrons. The Morgan fingerprint density at radius 3 is 2.04 bits per heavy atom. The number of carbonyl (C=O) groups excluding carboxylic acids is 2. The Kier molecular flexibility index (Phi) is 4.85. The highest BCUT2D eigenvalue weighted by Gasteiger charge is 2.21. The zero-order valence-corrected chi connectivity index (χ0v) is 13.6. The van der Waals surface area contributed by atoms with Gasteiger partial charge in [-0.25, -0.2) is 4.90 Å². The standard InChI is InChI=1S/C20H16N2O3/c1-15(23)22(20(24)16-5-3-2-4-6-16)17-7-9-18(10-8-17)25-19-11-13-21-14-12-19/h2-14H,1H3. The van der Waals surface area contributed by atoms with Gasteiger partial charge in [-0.05, 0) is 48.5 Å². The van der Waals surface area contributed by atoms with Crippen LogP contribution in [-0.2, 0) is 4.79 Å². The predicted molar refractivity (Wildman–Crippen MR) is 94.7 cm³/mol. The molecule has 0 fully saturated rings. The normalized spacial score (nSPS) is 10.1. The zero-order chi connectivity index (χ0) is 17.6. The molecule has 5 nitrogen and oxygen atoms in total. The summed E-state index contributed by atoms with van der Waals surface area (Å²) in [4.78, 5) is 29.7. The third kappa shape index (κ3) is 3.90. The molecule has 0 saturated heterocycles. The van der Waals surface area contributed by atoms with Crippen LogP contribution in [0, 0.1) is 0 Å². The van der Waals surface area contributed by atoms with E-state index >= 15 is 0 Å². The first-order valence-corrected chi connectivity index (χ1v) is 7.73. The number of nitrogens with zero attached hydrogens (tertiary/aromatic N) is 2. The van der Waals surface area contributed by atoms with Gasteiger partial charge in [0.15, 0.2) is 0 Å². The van der Waals surface area contributed by atoms with Gasteiger partial charge >= 0.3 is 0 Å². The number of imide groups is 1. The number of hydrogen-bond donors (Lipinski definition) is 0. The number of amides is 2. The fourth-order valence-electron chi connectivity index (χ4n) is 2.36. The van der Waals surface area contributed by atoms with E-state index in [0.717, 1.165) is 4.90 Å². The first-order chi connectivity index (χ1) is 12.1. The van der Waals surface area contributed by atoms with Gasteiger partial charge in [0.1, 0.15) is 11.5 Å². The van der Waals surface area contributed by atoms with Gasteiger partial charge in [-0.3, -0.25) is 14.6 Å².